The molecule has 2 aromatic rings. The fourth-order valence-corrected chi connectivity index (χ4v) is 2.64. The van der Waals surface area contributed by atoms with Gasteiger partial charge in [0, 0.05) is 11.9 Å². The maximum atomic E-state index is 5.37. The maximum absolute atomic E-state index is 5.37. The lowest BCUT2D eigenvalue weighted by molar-refractivity contribution is 0.601. The van der Waals surface area contributed by atoms with Crippen LogP contribution >= 0.6 is 12.2 Å². The molecule has 1 aromatic heterocycles. The van der Waals surface area contributed by atoms with Crippen LogP contribution in [0.2, 0.25) is 0 Å². The Balaban J connectivity index is 2.51. The van der Waals surface area contributed by atoms with E-state index in [1.165, 1.54) is 16.8 Å². The number of nitrogens with one attached hydrogen (secondary N) is 1. The number of rotatable bonds is 3. The van der Waals surface area contributed by atoms with E-state index >= 15 is 0 Å². The molecule has 3 heteroatoms. The van der Waals surface area contributed by atoms with Gasteiger partial charge in [-0.2, -0.15) is 0 Å². The number of hydrogen-bond acceptors (Lipinski definition) is 1. The first-order valence-electron chi connectivity index (χ1n) is 5.99. The normalized spacial score (nSPS) is 12.6. The molecule has 90 valence electrons. The lowest BCUT2D eigenvalue weighted by Gasteiger charge is -2.18. The van der Waals surface area contributed by atoms with Gasteiger partial charge in [0.05, 0.1) is 6.04 Å². The Kier molecular flexibility index (Phi) is 3.48. The lowest BCUT2D eigenvalue weighted by atomic mass is 10.0. The number of H-pyrrole nitrogens is 1. The van der Waals surface area contributed by atoms with E-state index < -0.39 is 0 Å². The van der Waals surface area contributed by atoms with Gasteiger partial charge in [-0.1, -0.05) is 31.2 Å². The zero-order chi connectivity index (χ0) is 12.4. The van der Waals surface area contributed by atoms with E-state index in [2.05, 4.69) is 54.6 Å². The van der Waals surface area contributed by atoms with Gasteiger partial charge >= 0.3 is 0 Å². The molecule has 0 aliphatic carbocycles. The van der Waals surface area contributed by atoms with Crippen molar-refractivity contribution < 1.29 is 0 Å². The highest BCUT2D eigenvalue weighted by atomic mass is 32.1. The predicted octanol–water partition coefficient (Wildman–Crippen LogP) is 4.03. The van der Waals surface area contributed by atoms with Crippen molar-refractivity contribution in [2.24, 2.45) is 0 Å². The van der Waals surface area contributed by atoms with Crippen LogP contribution in [0.4, 0.5) is 0 Å². The van der Waals surface area contributed by atoms with E-state index in [0.717, 1.165) is 11.2 Å². The van der Waals surface area contributed by atoms with Crippen LogP contribution in [0.3, 0.4) is 0 Å². The minimum absolute atomic E-state index is 0.282. The standard InChI is InChI=1S/C14H18N2S/c1-4-12-9-15-14(17)16(12)11(3)13-8-6-5-7-10(13)2/h5-9,11H,4H2,1-3H3,(H,15,17). The predicted molar refractivity (Wildman–Crippen MR) is 74.0 cm³/mol. The van der Waals surface area contributed by atoms with Crippen LogP contribution in [0, 0.1) is 11.7 Å². The Morgan fingerprint density at radius 2 is 2.06 bits per heavy atom. The fraction of sp³-hybridized carbons (Fsp3) is 0.357. The molecule has 0 bridgehead atoms. The van der Waals surface area contributed by atoms with E-state index in [1.54, 1.807) is 0 Å². The van der Waals surface area contributed by atoms with Gasteiger partial charge < -0.3 is 9.55 Å². The third-order valence-electron chi connectivity index (χ3n) is 3.28. The summed E-state index contributed by atoms with van der Waals surface area (Å²) in [6.07, 6.45) is 3.00. The van der Waals surface area contributed by atoms with Gasteiger partial charge in [0.2, 0.25) is 0 Å². The number of benzene rings is 1. The second-order valence-electron chi connectivity index (χ2n) is 4.34. The summed E-state index contributed by atoms with van der Waals surface area (Å²) in [5.41, 5.74) is 3.90. The molecule has 1 aromatic carbocycles. The van der Waals surface area contributed by atoms with Crippen LogP contribution in [-0.2, 0) is 6.42 Å². The summed E-state index contributed by atoms with van der Waals surface area (Å²) < 4.78 is 3.01. The first kappa shape index (κ1) is 12.1. The number of nitrogens with zero attached hydrogens (tertiary/aromatic N) is 1. The molecule has 0 aliphatic rings. The fourth-order valence-electron chi connectivity index (χ4n) is 2.31. The van der Waals surface area contributed by atoms with Crippen molar-refractivity contribution in [2.75, 3.05) is 0 Å². The Hall–Kier alpha value is -1.35. The van der Waals surface area contributed by atoms with E-state index in [0.29, 0.717) is 0 Å². The smallest absolute Gasteiger partial charge is 0.177 e. The number of imidazole rings is 1. The second-order valence-corrected chi connectivity index (χ2v) is 4.73. The van der Waals surface area contributed by atoms with Gasteiger partial charge in [-0.3, -0.25) is 0 Å². The molecular formula is C14H18N2S. The Bertz CT molecular complexity index is 566. The van der Waals surface area contributed by atoms with E-state index in [-0.39, 0.29) is 6.04 Å². The molecule has 0 saturated carbocycles. The summed E-state index contributed by atoms with van der Waals surface area (Å²) in [7, 11) is 0. The monoisotopic (exact) mass is 246 g/mol. The Labute approximate surface area is 107 Å². The largest absolute Gasteiger partial charge is 0.337 e. The van der Waals surface area contributed by atoms with Crippen LogP contribution in [0.15, 0.2) is 30.5 Å². The molecule has 1 atom stereocenters. The van der Waals surface area contributed by atoms with Crippen molar-refractivity contribution in [3.8, 4) is 0 Å². The number of aromatic amines is 1. The molecule has 0 fully saturated rings. The molecule has 1 heterocycles. The zero-order valence-electron chi connectivity index (χ0n) is 10.5. The highest BCUT2D eigenvalue weighted by Gasteiger charge is 2.13. The first-order chi connectivity index (χ1) is 8.15. The molecule has 2 nitrogen and oxygen atoms in total. The quantitative estimate of drug-likeness (QED) is 0.811. The van der Waals surface area contributed by atoms with E-state index in [9.17, 15) is 0 Å². The summed E-state index contributed by atoms with van der Waals surface area (Å²) in [6, 6.07) is 8.76. The van der Waals surface area contributed by atoms with E-state index in [4.69, 9.17) is 12.2 Å². The number of hydrogen-bond donors (Lipinski definition) is 1. The van der Waals surface area contributed by atoms with Crippen molar-refractivity contribution >= 4 is 12.2 Å². The molecule has 0 aliphatic heterocycles. The second kappa shape index (κ2) is 4.88. The molecule has 0 amide bonds. The van der Waals surface area contributed by atoms with Gasteiger partial charge in [-0.05, 0) is 43.6 Å². The third kappa shape index (κ3) is 2.20. The molecule has 1 N–H and O–H groups in total. The van der Waals surface area contributed by atoms with Gasteiger partial charge in [-0.25, -0.2) is 0 Å². The lowest BCUT2D eigenvalue weighted by Crippen LogP contribution is -2.11. The molecule has 0 saturated heterocycles. The van der Waals surface area contributed by atoms with Crippen molar-refractivity contribution in [1.29, 1.82) is 0 Å². The molecule has 2 rings (SSSR count). The van der Waals surface area contributed by atoms with Crippen LogP contribution < -0.4 is 0 Å². The molecular weight excluding hydrogens is 228 g/mol. The summed E-state index contributed by atoms with van der Waals surface area (Å²) in [4.78, 5) is 3.14. The van der Waals surface area contributed by atoms with Crippen molar-refractivity contribution in [2.45, 2.75) is 33.2 Å². The SMILES string of the molecule is CCc1c[nH]c(=S)n1C(C)c1ccccc1C. The minimum atomic E-state index is 0.282. The third-order valence-corrected chi connectivity index (χ3v) is 3.59. The minimum Gasteiger partial charge on any atom is -0.337 e. The van der Waals surface area contributed by atoms with E-state index in [1.807, 2.05) is 6.20 Å². The van der Waals surface area contributed by atoms with Gasteiger partial charge in [0.1, 0.15) is 0 Å². The highest BCUT2D eigenvalue weighted by molar-refractivity contribution is 7.71. The Morgan fingerprint density at radius 1 is 1.35 bits per heavy atom. The van der Waals surface area contributed by atoms with Crippen LogP contribution in [0.5, 0.6) is 0 Å². The summed E-state index contributed by atoms with van der Waals surface area (Å²) >= 11 is 5.37. The van der Waals surface area contributed by atoms with Crippen LogP contribution in [0.1, 0.15) is 36.7 Å². The average Bonchev–Trinajstić information content (AvgIpc) is 2.70. The molecule has 17 heavy (non-hydrogen) atoms. The molecule has 0 radical (unpaired) electrons. The Morgan fingerprint density at radius 3 is 2.71 bits per heavy atom. The first-order valence-corrected chi connectivity index (χ1v) is 6.40. The topological polar surface area (TPSA) is 20.7 Å². The summed E-state index contributed by atoms with van der Waals surface area (Å²) in [5.74, 6) is 0. The van der Waals surface area contributed by atoms with Crippen LogP contribution in [-0.4, -0.2) is 9.55 Å². The van der Waals surface area contributed by atoms with Crippen LogP contribution in [0.25, 0.3) is 0 Å². The molecule has 0 spiro atoms. The molecule has 1 unspecified atom stereocenters. The number of aromatic nitrogens is 2. The van der Waals surface area contributed by atoms with Crippen molar-refractivity contribution in [3.63, 3.8) is 0 Å². The zero-order valence-corrected chi connectivity index (χ0v) is 11.3. The van der Waals surface area contributed by atoms with Gasteiger partial charge in [0.15, 0.2) is 4.77 Å². The highest BCUT2D eigenvalue weighted by Crippen LogP contribution is 2.23. The summed E-state index contributed by atoms with van der Waals surface area (Å²) in [5, 5.41) is 0. The van der Waals surface area contributed by atoms with Gasteiger partial charge in [-0.15, -0.1) is 0 Å². The van der Waals surface area contributed by atoms with Crippen molar-refractivity contribution in [1.82, 2.24) is 9.55 Å². The average molecular weight is 246 g/mol. The number of aryl methyl sites for hydroxylation is 2. The van der Waals surface area contributed by atoms with Crippen molar-refractivity contribution in [3.05, 3.63) is 52.1 Å². The van der Waals surface area contributed by atoms with Gasteiger partial charge in [0.25, 0.3) is 0 Å². The maximum Gasteiger partial charge on any atom is 0.177 e. The summed E-state index contributed by atoms with van der Waals surface area (Å²) in [6.45, 7) is 6.50.